The van der Waals surface area contributed by atoms with Crippen molar-refractivity contribution in [2.24, 2.45) is 0 Å². The number of carbonyl (C=O) groups is 1. The summed E-state index contributed by atoms with van der Waals surface area (Å²) < 4.78 is 5.35. The van der Waals surface area contributed by atoms with E-state index in [4.69, 9.17) is 4.74 Å². The molecule has 1 aromatic heterocycles. The summed E-state index contributed by atoms with van der Waals surface area (Å²) in [7, 11) is 0. The Morgan fingerprint density at radius 1 is 1.25 bits per heavy atom. The summed E-state index contributed by atoms with van der Waals surface area (Å²) in [5, 5.41) is 18.3. The Balaban J connectivity index is 1.49. The topological polar surface area (TPSA) is 73.8 Å². The number of aliphatic hydroxyl groups is 1. The third-order valence-corrected chi connectivity index (χ3v) is 4.65. The fourth-order valence-electron chi connectivity index (χ4n) is 2.54. The highest BCUT2D eigenvalue weighted by Crippen LogP contribution is 2.20. The molecular formula is C17H21N3O3S. The van der Waals surface area contributed by atoms with Gasteiger partial charge in [0, 0.05) is 25.3 Å². The van der Waals surface area contributed by atoms with Crippen LogP contribution in [0.15, 0.2) is 41.8 Å². The van der Waals surface area contributed by atoms with Gasteiger partial charge in [0.05, 0.1) is 24.3 Å². The first-order chi connectivity index (χ1) is 11.7. The molecule has 7 heteroatoms. The zero-order valence-electron chi connectivity index (χ0n) is 13.3. The van der Waals surface area contributed by atoms with Gasteiger partial charge in [-0.2, -0.15) is 0 Å². The van der Waals surface area contributed by atoms with Gasteiger partial charge >= 0.3 is 6.03 Å². The van der Waals surface area contributed by atoms with E-state index in [0.717, 1.165) is 42.6 Å². The average Bonchev–Trinajstić information content (AvgIpc) is 3.13. The summed E-state index contributed by atoms with van der Waals surface area (Å²) in [4.78, 5) is 14.0. The Morgan fingerprint density at radius 3 is 2.67 bits per heavy atom. The first-order valence-corrected chi connectivity index (χ1v) is 8.79. The van der Waals surface area contributed by atoms with Gasteiger partial charge in [-0.3, -0.25) is 5.32 Å². The number of anilines is 2. The summed E-state index contributed by atoms with van der Waals surface area (Å²) in [5.41, 5.74) is 1.90. The van der Waals surface area contributed by atoms with Crippen LogP contribution >= 0.6 is 11.3 Å². The molecule has 0 spiro atoms. The normalized spacial score (nSPS) is 15.8. The Hall–Kier alpha value is -2.09. The van der Waals surface area contributed by atoms with E-state index in [-0.39, 0.29) is 12.6 Å². The lowest BCUT2D eigenvalue weighted by atomic mass is 10.1. The molecule has 1 unspecified atom stereocenters. The Kier molecular flexibility index (Phi) is 5.68. The largest absolute Gasteiger partial charge is 0.387 e. The number of amides is 2. The van der Waals surface area contributed by atoms with Crippen LogP contribution in [0.2, 0.25) is 0 Å². The van der Waals surface area contributed by atoms with Crippen molar-refractivity contribution >= 4 is 28.1 Å². The number of nitrogens with one attached hydrogen (secondary N) is 2. The molecule has 0 aliphatic carbocycles. The van der Waals surface area contributed by atoms with E-state index in [0.29, 0.717) is 0 Å². The van der Waals surface area contributed by atoms with E-state index in [1.165, 1.54) is 11.3 Å². The summed E-state index contributed by atoms with van der Waals surface area (Å²) in [6, 6.07) is 11.2. The highest BCUT2D eigenvalue weighted by molar-refractivity contribution is 7.14. The molecule has 3 rings (SSSR count). The number of ether oxygens (including phenoxy) is 1. The summed E-state index contributed by atoms with van der Waals surface area (Å²) in [5.74, 6) is 0. The smallest absolute Gasteiger partial charge is 0.319 e. The van der Waals surface area contributed by atoms with Gasteiger partial charge in [0.15, 0.2) is 0 Å². The number of thiophene rings is 1. The number of urea groups is 1. The minimum Gasteiger partial charge on any atom is -0.387 e. The molecular weight excluding hydrogens is 326 g/mol. The number of rotatable bonds is 5. The van der Waals surface area contributed by atoms with Crippen molar-refractivity contribution in [1.82, 2.24) is 5.32 Å². The molecule has 2 aromatic rings. The molecule has 1 aliphatic heterocycles. The summed E-state index contributed by atoms with van der Waals surface area (Å²) in [6.45, 7) is 3.41. The quantitative estimate of drug-likeness (QED) is 0.777. The van der Waals surface area contributed by atoms with Crippen LogP contribution in [0.1, 0.15) is 11.7 Å². The van der Waals surface area contributed by atoms with Crippen molar-refractivity contribution in [2.75, 3.05) is 43.1 Å². The van der Waals surface area contributed by atoms with Crippen LogP contribution in [0.25, 0.3) is 0 Å². The molecule has 2 heterocycles. The van der Waals surface area contributed by atoms with Gasteiger partial charge in [0.25, 0.3) is 0 Å². The van der Waals surface area contributed by atoms with Gasteiger partial charge in [0.1, 0.15) is 0 Å². The molecule has 2 amide bonds. The van der Waals surface area contributed by atoms with Gasteiger partial charge in [-0.25, -0.2) is 4.79 Å². The minimum absolute atomic E-state index is 0.161. The standard InChI is InChI=1S/C17H21N3O3S/c21-15(12-18-17(22)19-16-2-1-11-24-16)13-3-5-14(6-4-13)20-7-9-23-10-8-20/h1-6,11,15,21H,7-10,12H2,(H2,18,19,22). The second-order valence-electron chi connectivity index (χ2n) is 5.52. The number of hydrogen-bond acceptors (Lipinski definition) is 5. The van der Waals surface area contributed by atoms with E-state index < -0.39 is 6.10 Å². The van der Waals surface area contributed by atoms with Crippen LogP contribution in [0, 0.1) is 0 Å². The van der Waals surface area contributed by atoms with Crippen molar-refractivity contribution < 1.29 is 14.6 Å². The number of morpholine rings is 1. The van der Waals surface area contributed by atoms with Crippen LogP contribution in [-0.4, -0.2) is 44.0 Å². The van der Waals surface area contributed by atoms with Crippen molar-refractivity contribution in [3.63, 3.8) is 0 Å². The van der Waals surface area contributed by atoms with E-state index in [2.05, 4.69) is 15.5 Å². The second kappa shape index (κ2) is 8.14. The molecule has 128 valence electrons. The molecule has 1 aromatic carbocycles. The Morgan fingerprint density at radius 2 is 2.00 bits per heavy atom. The zero-order valence-corrected chi connectivity index (χ0v) is 14.1. The van der Waals surface area contributed by atoms with Crippen molar-refractivity contribution in [2.45, 2.75) is 6.10 Å². The molecule has 0 radical (unpaired) electrons. The van der Waals surface area contributed by atoms with Gasteiger partial charge < -0.3 is 20.1 Å². The van der Waals surface area contributed by atoms with Crippen LogP contribution in [0.5, 0.6) is 0 Å². The fraction of sp³-hybridized carbons (Fsp3) is 0.353. The number of nitrogens with zero attached hydrogens (tertiary/aromatic N) is 1. The van der Waals surface area contributed by atoms with Gasteiger partial charge in [-0.15, -0.1) is 11.3 Å². The average molecular weight is 347 g/mol. The molecule has 24 heavy (non-hydrogen) atoms. The molecule has 3 N–H and O–H groups in total. The van der Waals surface area contributed by atoms with Crippen LogP contribution in [0.3, 0.4) is 0 Å². The number of benzene rings is 1. The van der Waals surface area contributed by atoms with Crippen LogP contribution in [0.4, 0.5) is 15.5 Å². The van der Waals surface area contributed by atoms with Crippen LogP contribution < -0.4 is 15.5 Å². The Labute approximate surface area is 145 Å². The van der Waals surface area contributed by atoms with Gasteiger partial charge in [0.2, 0.25) is 0 Å². The van der Waals surface area contributed by atoms with Gasteiger partial charge in [-0.05, 0) is 35.2 Å². The highest BCUT2D eigenvalue weighted by atomic mass is 32.1. The third-order valence-electron chi connectivity index (χ3n) is 3.87. The lowest BCUT2D eigenvalue weighted by Gasteiger charge is -2.29. The highest BCUT2D eigenvalue weighted by Gasteiger charge is 2.13. The molecule has 0 saturated carbocycles. The predicted molar refractivity (Wildman–Crippen MR) is 95.8 cm³/mol. The molecule has 1 aliphatic rings. The monoisotopic (exact) mass is 347 g/mol. The number of carbonyl (C=O) groups excluding carboxylic acids is 1. The third kappa shape index (κ3) is 4.47. The summed E-state index contributed by atoms with van der Waals surface area (Å²) >= 11 is 1.45. The first-order valence-electron chi connectivity index (χ1n) is 7.91. The SMILES string of the molecule is O=C(NCC(O)c1ccc(N2CCOCC2)cc1)Nc1cccs1. The van der Waals surface area contributed by atoms with Crippen molar-refractivity contribution in [3.8, 4) is 0 Å². The number of hydrogen-bond donors (Lipinski definition) is 3. The van der Waals surface area contributed by atoms with Crippen molar-refractivity contribution in [1.29, 1.82) is 0 Å². The first kappa shape index (κ1) is 16.8. The van der Waals surface area contributed by atoms with E-state index in [1.807, 2.05) is 41.8 Å². The summed E-state index contributed by atoms with van der Waals surface area (Å²) in [6.07, 6.45) is -0.738. The maximum atomic E-state index is 11.8. The maximum Gasteiger partial charge on any atom is 0.319 e. The van der Waals surface area contributed by atoms with E-state index in [9.17, 15) is 9.90 Å². The molecule has 0 bridgehead atoms. The van der Waals surface area contributed by atoms with E-state index in [1.54, 1.807) is 0 Å². The molecule has 6 nitrogen and oxygen atoms in total. The lowest BCUT2D eigenvalue weighted by molar-refractivity contribution is 0.122. The molecule has 1 fully saturated rings. The zero-order chi connectivity index (χ0) is 16.8. The maximum absolute atomic E-state index is 11.8. The van der Waals surface area contributed by atoms with E-state index >= 15 is 0 Å². The fourth-order valence-corrected chi connectivity index (χ4v) is 3.15. The predicted octanol–water partition coefficient (Wildman–Crippen LogP) is 2.44. The minimum atomic E-state index is -0.738. The Bertz CT molecular complexity index is 640. The number of aliphatic hydroxyl groups excluding tert-OH is 1. The van der Waals surface area contributed by atoms with Gasteiger partial charge in [-0.1, -0.05) is 12.1 Å². The second-order valence-corrected chi connectivity index (χ2v) is 6.47. The van der Waals surface area contributed by atoms with Crippen LogP contribution in [-0.2, 0) is 4.74 Å². The van der Waals surface area contributed by atoms with Crippen molar-refractivity contribution in [3.05, 3.63) is 47.3 Å². The molecule has 1 atom stereocenters. The lowest BCUT2D eigenvalue weighted by Crippen LogP contribution is -2.36. The molecule has 1 saturated heterocycles.